The molecular formula is C13H13BrN2O4S. The van der Waals surface area contributed by atoms with E-state index in [0.717, 1.165) is 0 Å². The lowest BCUT2D eigenvalue weighted by Crippen LogP contribution is -2.14. The third kappa shape index (κ3) is 3.92. The van der Waals surface area contributed by atoms with Crippen LogP contribution in [0.25, 0.3) is 0 Å². The summed E-state index contributed by atoms with van der Waals surface area (Å²) < 4.78 is 27.0. The Hall–Kier alpha value is -1.67. The van der Waals surface area contributed by atoms with Crippen LogP contribution in [0.3, 0.4) is 0 Å². The number of halogens is 1. The normalized spacial score (nSPS) is 11.5. The topological polar surface area (TPSA) is 89.3 Å². The minimum Gasteiger partial charge on any atom is -0.478 e. The molecule has 21 heavy (non-hydrogen) atoms. The van der Waals surface area contributed by atoms with Crippen LogP contribution in [0.4, 0.5) is 0 Å². The van der Waals surface area contributed by atoms with Gasteiger partial charge in [-0.2, -0.15) is 0 Å². The quantitative estimate of drug-likeness (QED) is 0.839. The Labute approximate surface area is 130 Å². The summed E-state index contributed by atoms with van der Waals surface area (Å²) >= 11 is 3.17. The summed E-state index contributed by atoms with van der Waals surface area (Å²) in [7, 11) is -3.66. The second kappa shape index (κ2) is 6.40. The minimum absolute atomic E-state index is 0.123. The molecule has 0 saturated carbocycles. The molecule has 0 spiro atoms. The molecule has 0 saturated heterocycles. The molecule has 0 aliphatic rings. The number of hydrogen-bond acceptors (Lipinski definition) is 4. The van der Waals surface area contributed by atoms with Gasteiger partial charge in [0, 0.05) is 23.4 Å². The largest absolute Gasteiger partial charge is 0.478 e. The number of aromatic nitrogens is 2. The monoisotopic (exact) mass is 372 g/mol. The van der Waals surface area contributed by atoms with Gasteiger partial charge in [0.2, 0.25) is 0 Å². The second-order valence-corrected chi connectivity index (χ2v) is 7.41. The molecule has 0 unspecified atom stereocenters. The maximum atomic E-state index is 12.3. The Kier molecular flexibility index (Phi) is 4.79. The summed E-state index contributed by atoms with van der Waals surface area (Å²) in [5.41, 5.74) is -0.208. The number of aromatic carboxylic acids is 1. The Balaban J connectivity index is 2.19. The van der Waals surface area contributed by atoms with Crippen LogP contribution in [0.2, 0.25) is 0 Å². The fraction of sp³-hybridized carbons (Fsp3) is 0.231. The van der Waals surface area contributed by atoms with Gasteiger partial charge in [0.15, 0.2) is 9.84 Å². The van der Waals surface area contributed by atoms with Crippen molar-refractivity contribution in [1.82, 2.24) is 9.55 Å². The Morgan fingerprint density at radius 2 is 2.14 bits per heavy atom. The summed E-state index contributed by atoms with van der Waals surface area (Å²) in [6, 6.07) is 4.12. The number of hydrogen-bond donors (Lipinski definition) is 1. The van der Waals surface area contributed by atoms with E-state index in [-0.39, 0.29) is 16.2 Å². The van der Waals surface area contributed by atoms with Crippen molar-refractivity contribution in [1.29, 1.82) is 0 Å². The van der Waals surface area contributed by atoms with Crippen LogP contribution in [0.5, 0.6) is 0 Å². The number of rotatable bonds is 6. The van der Waals surface area contributed by atoms with E-state index in [1.807, 2.05) is 0 Å². The maximum Gasteiger partial charge on any atom is 0.337 e. The highest BCUT2D eigenvalue weighted by Gasteiger charge is 2.22. The molecule has 0 aliphatic carbocycles. The molecule has 0 atom stereocenters. The van der Waals surface area contributed by atoms with E-state index in [2.05, 4.69) is 20.9 Å². The number of sulfone groups is 1. The molecule has 1 aromatic carbocycles. The van der Waals surface area contributed by atoms with Crippen LogP contribution in [0.15, 0.2) is 46.3 Å². The molecule has 0 bridgehead atoms. The first-order chi connectivity index (χ1) is 9.90. The fourth-order valence-electron chi connectivity index (χ4n) is 1.90. The van der Waals surface area contributed by atoms with Gasteiger partial charge < -0.3 is 9.67 Å². The molecule has 0 radical (unpaired) electrons. The van der Waals surface area contributed by atoms with Crippen molar-refractivity contribution in [3.8, 4) is 0 Å². The van der Waals surface area contributed by atoms with Crippen LogP contribution >= 0.6 is 15.9 Å². The van der Waals surface area contributed by atoms with Crippen LogP contribution < -0.4 is 0 Å². The predicted molar refractivity (Wildman–Crippen MR) is 80.0 cm³/mol. The highest BCUT2D eigenvalue weighted by molar-refractivity contribution is 9.10. The summed E-state index contributed by atoms with van der Waals surface area (Å²) in [5, 5.41) is 9.10. The van der Waals surface area contributed by atoms with Crippen molar-refractivity contribution in [2.45, 2.75) is 17.9 Å². The summed E-state index contributed by atoms with van der Waals surface area (Å²) in [6.45, 7) is 0.510. The molecule has 0 fully saturated rings. The van der Waals surface area contributed by atoms with E-state index < -0.39 is 15.8 Å². The van der Waals surface area contributed by atoms with Crippen molar-refractivity contribution < 1.29 is 18.3 Å². The second-order valence-electron chi connectivity index (χ2n) is 4.42. The number of carboxylic acid groups (broad SMARTS) is 1. The minimum atomic E-state index is -3.66. The van der Waals surface area contributed by atoms with E-state index in [0.29, 0.717) is 17.4 Å². The zero-order chi connectivity index (χ0) is 15.5. The SMILES string of the molecule is O=C(O)c1ccc(Br)cc1S(=O)(=O)CCCn1ccnc1. The lowest BCUT2D eigenvalue weighted by Gasteiger charge is -2.09. The van der Waals surface area contributed by atoms with Gasteiger partial charge in [-0.25, -0.2) is 18.2 Å². The molecule has 2 aromatic rings. The van der Waals surface area contributed by atoms with Gasteiger partial charge in [0.1, 0.15) is 0 Å². The predicted octanol–water partition coefficient (Wildman–Crippen LogP) is 2.21. The van der Waals surface area contributed by atoms with Crippen molar-refractivity contribution in [3.63, 3.8) is 0 Å². The van der Waals surface area contributed by atoms with Gasteiger partial charge in [0.25, 0.3) is 0 Å². The number of benzene rings is 1. The number of imidazole rings is 1. The molecule has 112 valence electrons. The van der Waals surface area contributed by atoms with Gasteiger partial charge >= 0.3 is 5.97 Å². The van der Waals surface area contributed by atoms with Crippen molar-refractivity contribution in [2.75, 3.05) is 5.75 Å². The zero-order valence-electron chi connectivity index (χ0n) is 10.9. The smallest absolute Gasteiger partial charge is 0.337 e. The molecule has 8 heteroatoms. The van der Waals surface area contributed by atoms with Crippen LogP contribution in [0.1, 0.15) is 16.8 Å². The fourth-order valence-corrected chi connectivity index (χ4v) is 3.93. The first-order valence-electron chi connectivity index (χ1n) is 6.11. The third-order valence-corrected chi connectivity index (χ3v) is 5.22. The van der Waals surface area contributed by atoms with E-state index >= 15 is 0 Å². The van der Waals surface area contributed by atoms with Crippen molar-refractivity contribution >= 4 is 31.7 Å². The maximum absolute atomic E-state index is 12.3. The van der Waals surface area contributed by atoms with Gasteiger partial charge in [-0.3, -0.25) is 0 Å². The van der Waals surface area contributed by atoms with E-state index in [1.54, 1.807) is 23.3 Å². The van der Waals surface area contributed by atoms with E-state index in [9.17, 15) is 13.2 Å². The van der Waals surface area contributed by atoms with Gasteiger partial charge in [-0.1, -0.05) is 15.9 Å². The Bertz CT molecular complexity index is 742. The van der Waals surface area contributed by atoms with Crippen LogP contribution in [-0.2, 0) is 16.4 Å². The summed E-state index contributed by atoms with van der Waals surface area (Å²) in [4.78, 5) is 14.9. The third-order valence-electron chi connectivity index (χ3n) is 2.90. The highest BCUT2D eigenvalue weighted by atomic mass is 79.9. The molecule has 0 amide bonds. The van der Waals surface area contributed by atoms with E-state index in [1.165, 1.54) is 18.2 Å². The van der Waals surface area contributed by atoms with Crippen molar-refractivity contribution in [3.05, 3.63) is 47.0 Å². The van der Waals surface area contributed by atoms with Gasteiger partial charge in [-0.15, -0.1) is 0 Å². The lowest BCUT2D eigenvalue weighted by molar-refractivity contribution is 0.0692. The number of nitrogens with zero attached hydrogens (tertiary/aromatic N) is 2. The average Bonchev–Trinajstić information content (AvgIpc) is 2.91. The number of carboxylic acids is 1. The number of carbonyl (C=O) groups is 1. The highest BCUT2D eigenvalue weighted by Crippen LogP contribution is 2.23. The van der Waals surface area contributed by atoms with Crippen LogP contribution in [-0.4, -0.2) is 34.8 Å². The van der Waals surface area contributed by atoms with Gasteiger partial charge in [0.05, 0.1) is 22.5 Å². The van der Waals surface area contributed by atoms with E-state index in [4.69, 9.17) is 5.11 Å². The molecule has 1 N–H and O–H groups in total. The standard InChI is InChI=1S/C13H13BrN2O4S/c14-10-2-3-11(13(17)18)12(8-10)21(19,20)7-1-5-16-6-4-15-9-16/h2-4,6,8-9H,1,5,7H2,(H,17,18). The zero-order valence-corrected chi connectivity index (χ0v) is 13.3. The Morgan fingerprint density at radius 3 is 2.76 bits per heavy atom. The molecular weight excluding hydrogens is 360 g/mol. The lowest BCUT2D eigenvalue weighted by atomic mass is 10.2. The molecule has 1 heterocycles. The Morgan fingerprint density at radius 1 is 1.38 bits per heavy atom. The first kappa shape index (κ1) is 15.7. The summed E-state index contributed by atoms with van der Waals surface area (Å²) in [6.07, 6.45) is 5.35. The molecule has 0 aliphatic heterocycles. The summed E-state index contributed by atoms with van der Waals surface area (Å²) in [5.74, 6) is -1.38. The van der Waals surface area contributed by atoms with Crippen LogP contribution in [0, 0.1) is 0 Å². The molecule has 1 aromatic heterocycles. The van der Waals surface area contributed by atoms with Crippen molar-refractivity contribution in [2.24, 2.45) is 0 Å². The molecule has 2 rings (SSSR count). The molecule has 6 nitrogen and oxygen atoms in total. The number of aryl methyl sites for hydroxylation is 1. The van der Waals surface area contributed by atoms with Gasteiger partial charge in [-0.05, 0) is 24.6 Å². The average molecular weight is 373 g/mol. The first-order valence-corrected chi connectivity index (χ1v) is 8.56.